The molecule has 0 saturated carbocycles. The standard InChI is InChI=1S/C16H19FN2/c1-11-5-4-6-14(15(11)17)16(18-3)12(2)13-7-9-19-10-8-13/h4-10,12,16,18H,1-3H3. The third-order valence-corrected chi connectivity index (χ3v) is 3.60. The Morgan fingerprint density at radius 1 is 1.16 bits per heavy atom. The zero-order chi connectivity index (χ0) is 13.8. The van der Waals surface area contributed by atoms with Gasteiger partial charge in [0.25, 0.3) is 0 Å². The van der Waals surface area contributed by atoms with Gasteiger partial charge in [-0.3, -0.25) is 4.98 Å². The molecule has 0 aliphatic heterocycles. The van der Waals surface area contributed by atoms with Gasteiger partial charge in [-0.25, -0.2) is 4.39 Å². The first-order chi connectivity index (χ1) is 9.15. The van der Waals surface area contributed by atoms with Gasteiger partial charge in [-0.2, -0.15) is 0 Å². The number of likely N-dealkylation sites (N-methyl/N-ethyl adjacent to an activating group) is 1. The molecule has 0 aliphatic carbocycles. The van der Waals surface area contributed by atoms with E-state index in [-0.39, 0.29) is 17.8 Å². The fourth-order valence-corrected chi connectivity index (χ4v) is 2.44. The van der Waals surface area contributed by atoms with Crippen LogP contribution in [0.25, 0.3) is 0 Å². The molecule has 100 valence electrons. The molecule has 2 nitrogen and oxygen atoms in total. The molecule has 0 radical (unpaired) electrons. The number of pyridine rings is 1. The van der Waals surface area contributed by atoms with Gasteiger partial charge in [0, 0.05) is 29.9 Å². The lowest BCUT2D eigenvalue weighted by Gasteiger charge is -2.25. The first-order valence-corrected chi connectivity index (χ1v) is 6.47. The number of aromatic nitrogens is 1. The number of benzene rings is 1. The highest BCUT2D eigenvalue weighted by Crippen LogP contribution is 2.32. The van der Waals surface area contributed by atoms with Crippen molar-refractivity contribution in [3.05, 3.63) is 65.2 Å². The third-order valence-electron chi connectivity index (χ3n) is 3.60. The van der Waals surface area contributed by atoms with E-state index in [9.17, 15) is 4.39 Å². The van der Waals surface area contributed by atoms with Crippen LogP contribution in [0.1, 0.15) is 35.6 Å². The molecule has 0 amide bonds. The van der Waals surface area contributed by atoms with E-state index in [1.807, 2.05) is 31.3 Å². The van der Waals surface area contributed by atoms with Crippen LogP contribution in [0, 0.1) is 12.7 Å². The Labute approximate surface area is 113 Å². The molecule has 1 aromatic carbocycles. The Morgan fingerprint density at radius 3 is 2.47 bits per heavy atom. The summed E-state index contributed by atoms with van der Waals surface area (Å²) in [4.78, 5) is 4.02. The predicted molar refractivity (Wildman–Crippen MR) is 75.6 cm³/mol. The molecule has 0 spiro atoms. The maximum atomic E-state index is 14.3. The first kappa shape index (κ1) is 13.7. The smallest absolute Gasteiger partial charge is 0.130 e. The van der Waals surface area contributed by atoms with Crippen LogP contribution in [-0.4, -0.2) is 12.0 Å². The minimum Gasteiger partial charge on any atom is -0.312 e. The highest BCUT2D eigenvalue weighted by atomic mass is 19.1. The Balaban J connectivity index is 2.37. The zero-order valence-electron chi connectivity index (χ0n) is 11.5. The average molecular weight is 258 g/mol. The van der Waals surface area contributed by atoms with Crippen LogP contribution in [0.4, 0.5) is 4.39 Å². The van der Waals surface area contributed by atoms with Gasteiger partial charge in [0.1, 0.15) is 5.82 Å². The lowest BCUT2D eigenvalue weighted by atomic mass is 9.88. The van der Waals surface area contributed by atoms with Crippen molar-refractivity contribution in [3.8, 4) is 0 Å². The number of halogens is 1. The van der Waals surface area contributed by atoms with E-state index in [4.69, 9.17) is 0 Å². The summed E-state index contributed by atoms with van der Waals surface area (Å²) in [5, 5.41) is 3.22. The summed E-state index contributed by atoms with van der Waals surface area (Å²) >= 11 is 0. The molecule has 2 aromatic rings. The van der Waals surface area contributed by atoms with E-state index in [0.29, 0.717) is 11.1 Å². The van der Waals surface area contributed by atoms with E-state index in [1.165, 1.54) is 0 Å². The van der Waals surface area contributed by atoms with E-state index in [1.54, 1.807) is 25.4 Å². The Morgan fingerprint density at radius 2 is 1.84 bits per heavy atom. The van der Waals surface area contributed by atoms with Crippen molar-refractivity contribution < 1.29 is 4.39 Å². The van der Waals surface area contributed by atoms with E-state index in [2.05, 4.69) is 17.2 Å². The normalized spacial score (nSPS) is 14.1. The number of rotatable bonds is 4. The highest BCUT2D eigenvalue weighted by Gasteiger charge is 2.22. The van der Waals surface area contributed by atoms with Gasteiger partial charge < -0.3 is 5.32 Å². The minimum absolute atomic E-state index is 0.0534. The quantitative estimate of drug-likeness (QED) is 0.906. The van der Waals surface area contributed by atoms with Crippen LogP contribution >= 0.6 is 0 Å². The first-order valence-electron chi connectivity index (χ1n) is 6.47. The van der Waals surface area contributed by atoms with Gasteiger partial charge in [-0.15, -0.1) is 0 Å². The van der Waals surface area contributed by atoms with Crippen LogP contribution < -0.4 is 5.32 Å². The fourth-order valence-electron chi connectivity index (χ4n) is 2.44. The van der Waals surface area contributed by atoms with Crippen molar-refractivity contribution in [3.63, 3.8) is 0 Å². The second-order valence-corrected chi connectivity index (χ2v) is 4.81. The summed E-state index contributed by atoms with van der Waals surface area (Å²) in [6.07, 6.45) is 3.54. The number of nitrogens with zero attached hydrogens (tertiary/aromatic N) is 1. The topological polar surface area (TPSA) is 24.9 Å². The Kier molecular flexibility index (Phi) is 4.27. The number of aryl methyl sites for hydroxylation is 1. The molecule has 19 heavy (non-hydrogen) atoms. The predicted octanol–water partition coefficient (Wildman–Crippen LogP) is 3.59. The lowest BCUT2D eigenvalue weighted by molar-refractivity contribution is 0.476. The summed E-state index contributed by atoms with van der Waals surface area (Å²) in [6, 6.07) is 9.44. The van der Waals surface area contributed by atoms with Crippen molar-refractivity contribution in [2.75, 3.05) is 7.05 Å². The van der Waals surface area contributed by atoms with Gasteiger partial charge in [0.05, 0.1) is 0 Å². The van der Waals surface area contributed by atoms with Crippen LogP contribution in [0.5, 0.6) is 0 Å². The summed E-state index contributed by atoms with van der Waals surface area (Å²) in [7, 11) is 1.87. The molecule has 0 saturated heterocycles. The van der Waals surface area contributed by atoms with Gasteiger partial charge in [-0.1, -0.05) is 25.1 Å². The van der Waals surface area contributed by atoms with Crippen molar-refractivity contribution in [2.45, 2.75) is 25.8 Å². The van der Waals surface area contributed by atoms with Gasteiger partial charge in [0.15, 0.2) is 0 Å². The molecule has 2 rings (SSSR count). The molecule has 2 atom stereocenters. The van der Waals surface area contributed by atoms with Gasteiger partial charge >= 0.3 is 0 Å². The molecule has 0 fully saturated rings. The van der Waals surface area contributed by atoms with Crippen molar-refractivity contribution in [2.24, 2.45) is 0 Å². The summed E-state index contributed by atoms with van der Waals surface area (Å²) < 4.78 is 14.3. The molecular weight excluding hydrogens is 239 g/mol. The Bertz CT molecular complexity index is 540. The largest absolute Gasteiger partial charge is 0.312 e. The molecule has 1 heterocycles. The molecule has 2 unspecified atom stereocenters. The monoisotopic (exact) mass is 258 g/mol. The van der Waals surface area contributed by atoms with Crippen LogP contribution in [0.2, 0.25) is 0 Å². The number of hydrogen-bond acceptors (Lipinski definition) is 2. The van der Waals surface area contributed by atoms with E-state index in [0.717, 1.165) is 5.56 Å². The molecule has 1 aromatic heterocycles. The summed E-state index contributed by atoms with van der Waals surface area (Å²) in [6.45, 7) is 3.89. The SMILES string of the molecule is CNC(c1cccc(C)c1F)C(C)c1ccncc1. The summed E-state index contributed by atoms with van der Waals surface area (Å²) in [5.74, 6) is 0.0482. The van der Waals surface area contributed by atoms with Gasteiger partial charge in [-0.05, 0) is 37.2 Å². The fraction of sp³-hybridized carbons (Fsp3) is 0.312. The molecule has 0 bridgehead atoms. The third kappa shape index (κ3) is 2.82. The maximum absolute atomic E-state index is 14.3. The van der Waals surface area contributed by atoms with E-state index >= 15 is 0 Å². The molecule has 3 heteroatoms. The maximum Gasteiger partial charge on any atom is 0.130 e. The molecule has 1 N–H and O–H groups in total. The Hall–Kier alpha value is -1.74. The zero-order valence-corrected chi connectivity index (χ0v) is 11.5. The number of hydrogen-bond donors (Lipinski definition) is 1. The number of nitrogens with one attached hydrogen (secondary N) is 1. The van der Waals surface area contributed by atoms with Crippen LogP contribution in [0.3, 0.4) is 0 Å². The second-order valence-electron chi connectivity index (χ2n) is 4.81. The molecule has 0 aliphatic rings. The van der Waals surface area contributed by atoms with Crippen LogP contribution in [0.15, 0.2) is 42.7 Å². The second kappa shape index (κ2) is 5.93. The van der Waals surface area contributed by atoms with E-state index < -0.39 is 0 Å². The van der Waals surface area contributed by atoms with Gasteiger partial charge in [0.2, 0.25) is 0 Å². The lowest BCUT2D eigenvalue weighted by Crippen LogP contribution is -2.23. The molecular formula is C16H19FN2. The van der Waals surface area contributed by atoms with Crippen molar-refractivity contribution in [1.82, 2.24) is 10.3 Å². The average Bonchev–Trinajstić information content (AvgIpc) is 2.45. The highest BCUT2D eigenvalue weighted by molar-refractivity contribution is 5.31. The van der Waals surface area contributed by atoms with Crippen molar-refractivity contribution in [1.29, 1.82) is 0 Å². The van der Waals surface area contributed by atoms with Crippen molar-refractivity contribution >= 4 is 0 Å². The van der Waals surface area contributed by atoms with Crippen LogP contribution in [-0.2, 0) is 0 Å². The summed E-state index contributed by atoms with van der Waals surface area (Å²) in [5.41, 5.74) is 2.54. The minimum atomic E-state index is -0.122.